The van der Waals surface area contributed by atoms with Crippen LogP contribution in [-0.4, -0.2) is 50.5 Å². The lowest BCUT2D eigenvalue weighted by Gasteiger charge is -2.20. The van der Waals surface area contributed by atoms with Crippen LogP contribution in [0, 0.1) is 0 Å². The summed E-state index contributed by atoms with van der Waals surface area (Å²) in [6.45, 7) is 1.96. The Labute approximate surface area is 164 Å². The molecule has 0 radical (unpaired) electrons. The van der Waals surface area contributed by atoms with Crippen molar-refractivity contribution < 1.29 is 19.0 Å². The molecular weight excluding hydrogens is 360 g/mol. The molecule has 0 atom stereocenters. The van der Waals surface area contributed by atoms with E-state index in [0.717, 1.165) is 31.7 Å². The molecular formula is C20H26N4O4. The van der Waals surface area contributed by atoms with E-state index in [1.807, 2.05) is 6.07 Å². The van der Waals surface area contributed by atoms with Crippen LogP contribution in [0.15, 0.2) is 24.3 Å². The first-order valence-corrected chi connectivity index (χ1v) is 9.36. The number of hydrogen-bond donors (Lipinski definition) is 1. The zero-order chi connectivity index (χ0) is 19.9. The monoisotopic (exact) mass is 386 g/mol. The molecule has 0 spiro atoms. The molecule has 0 bridgehead atoms. The van der Waals surface area contributed by atoms with Gasteiger partial charge in [-0.05, 0) is 25.0 Å². The van der Waals surface area contributed by atoms with Crippen molar-refractivity contribution in [1.29, 1.82) is 0 Å². The molecule has 0 aliphatic carbocycles. The second-order valence-electron chi connectivity index (χ2n) is 6.55. The van der Waals surface area contributed by atoms with Gasteiger partial charge in [0.15, 0.2) is 23.0 Å². The average molecular weight is 386 g/mol. The van der Waals surface area contributed by atoms with E-state index in [1.54, 1.807) is 18.2 Å². The standard InChI is InChI=1S/C20H26N4O4/c1-26-16-12-14(13-17(27-2)19(16)28-3)21-20(25)15-8-9-18(23-22-15)24-10-6-4-5-7-11-24/h8-9,12-13H,4-7,10-11H2,1-3H3,(H,21,25). The highest BCUT2D eigenvalue weighted by molar-refractivity contribution is 6.03. The minimum atomic E-state index is -0.357. The smallest absolute Gasteiger partial charge is 0.276 e. The van der Waals surface area contributed by atoms with Gasteiger partial charge in [0.1, 0.15) is 0 Å². The van der Waals surface area contributed by atoms with Crippen LogP contribution >= 0.6 is 0 Å². The molecule has 8 nitrogen and oxygen atoms in total. The molecule has 0 saturated carbocycles. The molecule has 1 aromatic carbocycles. The zero-order valence-electron chi connectivity index (χ0n) is 16.5. The Balaban J connectivity index is 1.74. The van der Waals surface area contributed by atoms with Gasteiger partial charge >= 0.3 is 0 Å². The summed E-state index contributed by atoms with van der Waals surface area (Å²) in [5.74, 6) is 1.83. The molecule has 1 fully saturated rings. The largest absolute Gasteiger partial charge is 0.493 e. The number of hydrogen-bond acceptors (Lipinski definition) is 7. The Bertz CT molecular complexity index is 777. The number of carbonyl (C=O) groups excluding carboxylic acids is 1. The van der Waals surface area contributed by atoms with Gasteiger partial charge in [0.2, 0.25) is 5.75 Å². The lowest BCUT2D eigenvalue weighted by atomic mass is 10.2. The number of methoxy groups -OCH3 is 3. The predicted molar refractivity (Wildman–Crippen MR) is 107 cm³/mol. The molecule has 1 aromatic heterocycles. The van der Waals surface area contributed by atoms with Gasteiger partial charge < -0.3 is 24.4 Å². The van der Waals surface area contributed by atoms with Crippen molar-refractivity contribution in [3.05, 3.63) is 30.0 Å². The maximum absolute atomic E-state index is 12.6. The number of amides is 1. The van der Waals surface area contributed by atoms with Gasteiger partial charge in [0, 0.05) is 30.9 Å². The molecule has 1 aliphatic heterocycles. The van der Waals surface area contributed by atoms with Gasteiger partial charge in [-0.25, -0.2) is 0 Å². The normalized spacial score (nSPS) is 14.2. The van der Waals surface area contributed by atoms with E-state index in [2.05, 4.69) is 20.4 Å². The van der Waals surface area contributed by atoms with Crippen LogP contribution in [0.25, 0.3) is 0 Å². The SMILES string of the molecule is COc1cc(NC(=O)c2ccc(N3CCCCCC3)nn2)cc(OC)c1OC. The highest BCUT2D eigenvalue weighted by Gasteiger charge is 2.17. The summed E-state index contributed by atoms with van der Waals surface area (Å²) in [4.78, 5) is 14.8. The number of rotatable bonds is 6. The number of nitrogens with one attached hydrogen (secondary N) is 1. The Morgan fingerprint density at radius 1 is 0.929 bits per heavy atom. The van der Waals surface area contributed by atoms with Crippen molar-refractivity contribution in [2.24, 2.45) is 0 Å². The van der Waals surface area contributed by atoms with Crippen LogP contribution < -0.4 is 24.4 Å². The van der Waals surface area contributed by atoms with Crippen LogP contribution in [0.2, 0.25) is 0 Å². The second kappa shape index (κ2) is 9.25. The molecule has 1 N–H and O–H groups in total. The van der Waals surface area contributed by atoms with E-state index in [1.165, 1.54) is 34.2 Å². The van der Waals surface area contributed by atoms with Crippen LogP contribution in [0.5, 0.6) is 17.2 Å². The van der Waals surface area contributed by atoms with Crippen molar-refractivity contribution >= 4 is 17.4 Å². The first-order valence-electron chi connectivity index (χ1n) is 9.36. The number of anilines is 2. The zero-order valence-corrected chi connectivity index (χ0v) is 16.5. The molecule has 1 aliphatic rings. The van der Waals surface area contributed by atoms with E-state index in [9.17, 15) is 4.79 Å². The summed E-state index contributed by atoms with van der Waals surface area (Å²) in [5.41, 5.74) is 0.755. The summed E-state index contributed by atoms with van der Waals surface area (Å²) in [6, 6.07) is 6.87. The third kappa shape index (κ3) is 4.44. The van der Waals surface area contributed by atoms with Gasteiger partial charge in [0.25, 0.3) is 5.91 Å². The topological polar surface area (TPSA) is 85.8 Å². The van der Waals surface area contributed by atoms with E-state index in [4.69, 9.17) is 14.2 Å². The second-order valence-corrected chi connectivity index (χ2v) is 6.55. The maximum Gasteiger partial charge on any atom is 0.276 e. The first-order chi connectivity index (χ1) is 13.7. The van der Waals surface area contributed by atoms with Crippen LogP contribution in [-0.2, 0) is 0 Å². The first kappa shape index (κ1) is 19.7. The Morgan fingerprint density at radius 2 is 1.57 bits per heavy atom. The van der Waals surface area contributed by atoms with Gasteiger partial charge in [-0.15, -0.1) is 10.2 Å². The molecule has 1 saturated heterocycles. The summed E-state index contributed by atoms with van der Waals surface area (Å²) in [6.07, 6.45) is 4.81. The molecule has 2 heterocycles. The summed E-state index contributed by atoms with van der Waals surface area (Å²) < 4.78 is 15.9. The van der Waals surface area contributed by atoms with E-state index in [0.29, 0.717) is 22.9 Å². The van der Waals surface area contributed by atoms with Gasteiger partial charge in [-0.2, -0.15) is 0 Å². The van der Waals surface area contributed by atoms with Gasteiger partial charge in [-0.1, -0.05) is 12.8 Å². The lowest BCUT2D eigenvalue weighted by Crippen LogP contribution is -2.25. The number of carbonyl (C=O) groups is 1. The Hall–Kier alpha value is -3.03. The molecule has 2 aromatic rings. The van der Waals surface area contributed by atoms with Crippen LogP contribution in [0.4, 0.5) is 11.5 Å². The fourth-order valence-corrected chi connectivity index (χ4v) is 3.26. The summed E-state index contributed by atoms with van der Waals surface area (Å²) in [5, 5.41) is 11.2. The molecule has 3 rings (SSSR count). The number of ether oxygens (including phenoxy) is 3. The summed E-state index contributed by atoms with van der Waals surface area (Å²) >= 11 is 0. The Kier molecular flexibility index (Phi) is 6.52. The number of aromatic nitrogens is 2. The molecule has 0 unspecified atom stereocenters. The molecule has 28 heavy (non-hydrogen) atoms. The summed E-state index contributed by atoms with van der Waals surface area (Å²) in [7, 11) is 4.58. The van der Waals surface area contributed by atoms with E-state index < -0.39 is 0 Å². The molecule has 8 heteroatoms. The third-order valence-electron chi connectivity index (χ3n) is 4.74. The minimum absolute atomic E-state index is 0.243. The predicted octanol–water partition coefficient (Wildman–Crippen LogP) is 3.14. The quantitative estimate of drug-likeness (QED) is 0.816. The molecule has 150 valence electrons. The van der Waals surface area contributed by atoms with E-state index in [-0.39, 0.29) is 11.6 Å². The van der Waals surface area contributed by atoms with Crippen molar-refractivity contribution in [3.63, 3.8) is 0 Å². The van der Waals surface area contributed by atoms with Crippen molar-refractivity contribution in [1.82, 2.24) is 10.2 Å². The number of benzene rings is 1. The highest BCUT2D eigenvalue weighted by Crippen LogP contribution is 2.40. The number of nitrogens with zero attached hydrogens (tertiary/aromatic N) is 3. The highest BCUT2D eigenvalue weighted by atomic mass is 16.5. The lowest BCUT2D eigenvalue weighted by molar-refractivity contribution is 0.102. The average Bonchev–Trinajstić information content (AvgIpc) is 3.02. The van der Waals surface area contributed by atoms with Crippen molar-refractivity contribution in [3.8, 4) is 17.2 Å². The fourth-order valence-electron chi connectivity index (χ4n) is 3.26. The van der Waals surface area contributed by atoms with Crippen LogP contribution in [0.3, 0.4) is 0 Å². The minimum Gasteiger partial charge on any atom is -0.493 e. The van der Waals surface area contributed by atoms with Crippen LogP contribution in [0.1, 0.15) is 36.2 Å². The van der Waals surface area contributed by atoms with Crippen molar-refractivity contribution in [2.45, 2.75) is 25.7 Å². The van der Waals surface area contributed by atoms with Gasteiger partial charge in [0.05, 0.1) is 21.3 Å². The fraction of sp³-hybridized carbons (Fsp3) is 0.450. The van der Waals surface area contributed by atoms with E-state index >= 15 is 0 Å². The van der Waals surface area contributed by atoms with Crippen molar-refractivity contribution in [2.75, 3.05) is 44.6 Å². The van der Waals surface area contributed by atoms with Gasteiger partial charge in [-0.3, -0.25) is 4.79 Å². The third-order valence-corrected chi connectivity index (χ3v) is 4.74. The molecule has 1 amide bonds. The maximum atomic E-state index is 12.6. The Morgan fingerprint density at radius 3 is 2.07 bits per heavy atom.